The van der Waals surface area contributed by atoms with E-state index in [2.05, 4.69) is 31.8 Å². The molecule has 3 heteroatoms. The van der Waals surface area contributed by atoms with Crippen molar-refractivity contribution in [2.75, 3.05) is 6.61 Å². The molecule has 0 N–H and O–H groups in total. The molecule has 0 aliphatic heterocycles. The van der Waals surface area contributed by atoms with Crippen LogP contribution in [0.4, 0.5) is 0 Å². The van der Waals surface area contributed by atoms with Crippen molar-refractivity contribution in [1.82, 2.24) is 4.98 Å². The molecule has 3 nitrogen and oxygen atoms in total. The van der Waals surface area contributed by atoms with Crippen LogP contribution in [0.2, 0.25) is 0 Å². The normalized spacial score (nSPS) is 10.8. The molecule has 0 fully saturated rings. The van der Waals surface area contributed by atoms with Gasteiger partial charge < -0.3 is 4.74 Å². The first-order chi connectivity index (χ1) is 7.03. The van der Waals surface area contributed by atoms with E-state index >= 15 is 0 Å². The van der Waals surface area contributed by atoms with Crippen LogP contribution in [-0.4, -0.2) is 11.6 Å². The third-order valence-corrected chi connectivity index (χ3v) is 2.01. The Bertz CT molecular complexity index is 361. The average Bonchev–Trinajstić information content (AvgIpc) is 2.16. The molecule has 0 amide bonds. The van der Waals surface area contributed by atoms with Crippen molar-refractivity contribution < 1.29 is 4.74 Å². The number of nitrogens with zero attached hydrogens (tertiary/aromatic N) is 2. The van der Waals surface area contributed by atoms with E-state index in [0.717, 1.165) is 6.42 Å². The minimum Gasteiger partial charge on any atom is -0.491 e. The molecule has 15 heavy (non-hydrogen) atoms. The second kappa shape index (κ2) is 4.79. The van der Waals surface area contributed by atoms with Crippen LogP contribution in [0.5, 0.6) is 5.75 Å². The Morgan fingerprint density at radius 2 is 2.20 bits per heavy atom. The highest BCUT2D eigenvalue weighted by Crippen LogP contribution is 2.20. The van der Waals surface area contributed by atoms with Crippen molar-refractivity contribution in [2.24, 2.45) is 5.41 Å². The molecule has 80 valence electrons. The van der Waals surface area contributed by atoms with Crippen LogP contribution in [0.3, 0.4) is 0 Å². The first kappa shape index (κ1) is 11.5. The molecule has 0 aliphatic carbocycles. The van der Waals surface area contributed by atoms with Gasteiger partial charge in [0.15, 0.2) is 5.75 Å². The van der Waals surface area contributed by atoms with E-state index in [1.165, 1.54) is 0 Å². The summed E-state index contributed by atoms with van der Waals surface area (Å²) in [5, 5.41) is 8.82. The number of ether oxygens (including phenoxy) is 1. The Kier molecular flexibility index (Phi) is 3.68. The fraction of sp³-hybridized carbons (Fsp3) is 0.500. The average molecular weight is 204 g/mol. The number of nitriles is 1. The lowest BCUT2D eigenvalue weighted by atomic mass is 9.93. The summed E-state index contributed by atoms with van der Waals surface area (Å²) in [5.74, 6) is 0.573. The minimum atomic E-state index is 0.245. The van der Waals surface area contributed by atoms with Crippen LogP contribution in [0, 0.1) is 16.7 Å². The first-order valence-corrected chi connectivity index (χ1v) is 5.00. The molecule has 0 aliphatic rings. The SMILES string of the molecule is CC(C)(C)CCOc1cnccc1C#N. The second-order valence-corrected chi connectivity index (χ2v) is 4.64. The van der Waals surface area contributed by atoms with Crippen LogP contribution in [-0.2, 0) is 0 Å². The molecule has 0 bridgehead atoms. The zero-order valence-electron chi connectivity index (χ0n) is 9.45. The van der Waals surface area contributed by atoms with Gasteiger partial charge >= 0.3 is 0 Å². The first-order valence-electron chi connectivity index (χ1n) is 5.00. The summed E-state index contributed by atoms with van der Waals surface area (Å²) in [4.78, 5) is 3.93. The maximum absolute atomic E-state index is 8.82. The highest BCUT2D eigenvalue weighted by molar-refractivity contribution is 5.40. The molecule has 0 aromatic carbocycles. The summed E-state index contributed by atoms with van der Waals surface area (Å²) in [6, 6.07) is 3.74. The van der Waals surface area contributed by atoms with Crippen molar-refractivity contribution in [3.05, 3.63) is 24.0 Å². The lowest BCUT2D eigenvalue weighted by Gasteiger charge is -2.18. The van der Waals surface area contributed by atoms with Crippen LogP contribution in [0.25, 0.3) is 0 Å². The molecule has 0 atom stereocenters. The van der Waals surface area contributed by atoms with Crippen molar-refractivity contribution >= 4 is 0 Å². The lowest BCUT2D eigenvalue weighted by Crippen LogP contribution is -2.11. The van der Waals surface area contributed by atoms with E-state index in [1.807, 2.05) is 0 Å². The minimum absolute atomic E-state index is 0.245. The Labute approximate surface area is 90.7 Å². The number of hydrogen-bond donors (Lipinski definition) is 0. The summed E-state index contributed by atoms with van der Waals surface area (Å²) in [7, 11) is 0. The highest BCUT2D eigenvalue weighted by Gasteiger charge is 2.10. The topological polar surface area (TPSA) is 45.9 Å². The van der Waals surface area contributed by atoms with Crippen LogP contribution < -0.4 is 4.74 Å². The third-order valence-electron chi connectivity index (χ3n) is 2.01. The van der Waals surface area contributed by atoms with Gasteiger partial charge in [0.05, 0.1) is 18.4 Å². The van der Waals surface area contributed by atoms with Crippen molar-refractivity contribution in [2.45, 2.75) is 27.2 Å². The standard InChI is InChI=1S/C12H16N2O/c1-12(2,3)5-7-15-11-9-14-6-4-10(11)8-13/h4,6,9H,5,7H2,1-3H3. The van der Waals surface area contributed by atoms with E-state index in [4.69, 9.17) is 10.00 Å². The molecular weight excluding hydrogens is 188 g/mol. The number of rotatable bonds is 3. The monoisotopic (exact) mass is 204 g/mol. The fourth-order valence-corrected chi connectivity index (χ4v) is 1.05. The van der Waals surface area contributed by atoms with Gasteiger partial charge in [-0.1, -0.05) is 20.8 Å². The molecule has 0 saturated heterocycles. The maximum Gasteiger partial charge on any atom is 0.155 e. The van der Waals surface area contributed by atoms with Gasteiger partial charge in [0, 0.05) is 6.20 Å². The molecule has 0 saturated carbocycles. The highest BCUT2D eigenvalue weighted by atomic mass is 16.5. The Hall–Kier alpha value is -1.56. The molecular formula is C12H16N2O. The predicted octanol–water partition coefficient (Wildman–Crippen LogP) is 2.77. The molecule has 1 aromatic heterocycles. The maximum atomic E-state index is 8.82. The van der Waals surface area contributed by atoms with Gasteiger partial charge in [-0.15, -0.1) is 0 Å². The molecule has 0 unspecified atom stereocenters. The largest absolute Gasteiger partial charge is 0.491 e. The Balaban J connectivity index is 2.55. The zero-order valence-corrected chi connectivity index (χ0v) is 9.45. The van der Waals surface area contributed by atoms with E-state index in [9.17, 15) is 0 Å². The summed E-state index contributed by atoms with van der Waals surface area (Å²) in [6.45, 7) is 7.09. The van der Waals surface area contributed by atoms with Crippen molar-refractivity contribution in [1.29, 1.82) is 5.26 Å². The molecule has 0 spiro atoms. The molecule has 0 radical (unpaired) electrons. The Morgan fingerprint density at radius 3 is 2.80 bits per heavy atom. The van der Waals surface area contributed by atoms with Crippen LogP contribution in [0.1, 0.15) is 32.8 Å². The molecule has 1 rings (SSSR count). The van der Waals surface area contributed by atoms with Crippen molar-refractivity contribution in [3.8, 4) is 11.8 Å². The quantitative estimate of drug-likeness (QED) is 0.760. The number of hydrogen-bond acceptors (Lipinski definition) is 3. The smallest absolute Gasteiger partial charge is 0.155 e. The lowest BCUT2D eigenvalue weighted by molar-refractivity contribution is 0.242. The van der Waals surface area contributed by atoms with Gasteiger partial charge in [-0.3, -0.25) is 4.98 Å². The second-order valence-electron chi connectivity index (χ2n) is 4.64. The number of pyridine rings is 1. The fourth-order valence-electron chi connectivity index (χ4n) is 1.05. The van der Waals surface area contributed by atoms with Gasteiger partial charge in [0.25, 0.3) is 0 Å². The van der Waals surface area contributed by atoms with Crippen LogP contribution in [0.15, 0.2) is 18.5 Å². The van der Waals surface area contributed by atoms with Gasteiger partial charge in [0.2, 0.25) is 0 Å². The third kappa shape index (κ3) is 3.99. The molecule has 1 heterocycles. The number of aromatic nitrogens is 1. The van der Waals surface area contributed by atoms with Crippen molar-refractivity contribution in [3.63, 3.8) is 0 Å². The van der Waals surface area contributed by atoms with Crippen LogP contribution >= 0.6 is 0 Å². The summed E-state index contributed by atoms with van der Waals surface area (Å²) < 4.78 is 5.52. The predicted molar refractivity (Wildman–Crippen MR) is 58.5 cm³/mol. The van der Waals surface area contributed by atoms with E-state index in [0.29, 0.717) is 17.9 Å². The summed E-state index contributed by atoms with van der Waals surface area (Å²) in [5.41, 5.74) is 0.786. The zero-order chi connectivity index (χ0) is 11.3. The van der Waals surface area contributed by atoms with Gasteiger partial charge in [-0.05, 0) is 17.9 Å². The van der Waals surface area contributed by atoms with E-state index in [-0.39, 0.29) is 5.41 Å². The van der Waals surface area contributed by atoms with Gasteiger partial charge in [-0.25, -0.2) is 0 Å². The van der Waals surface area contributed by atoms with Gasteiger partial charge in [0.1, 0.15) is 6.07 Å². The van der Waals surface area contributed by atoms with E-state index < -0.39 is 0 Å². The summed E-state index contributed by atoms with van der Waals surface area (Å²) >= 11 is 0. The van der Waals surface area contributed by atoms with Gasteiger partial charge in [-0.2, -0.15) is 5.26 Å². The Morgan fingerprint density at radius 1 is 1.47 bits per heavy atom. The molecule has 1 aromatic rings. The van der Waals surface area contributed by atoms with E-state index in [1.54, 1.807) is 18.5 Å². The summed E-state index contributed by atoms with van der Waals surface area (Å²) in [6.07, 6.45) is 4.13.